The number of amides is 2. The molecule has 0 aliphatic heterocycles. The summed E-state index contributed by atoms with van der Waals surface area (Å²) in [6, 6.07) is 0. The maximum Gasteiger partial charge on any atom is 0.229 e. The minimum absolute atomic E-state index is 0.0419. The van der Waals surface area contributed by atoms with E-state index < -0.39 is 46.1 Å². The summed E-state index contributed by atoms with van der Waals surface area (Å²) in [7, 11) is 0. The Morgan fingerprint density at radius 1 is 1.00 bits per heavy atom. The van der Waals surface area contributed by atoms with Crippen molar-refractivity contribution in [3.8, 4) is 0 Å². The number of carbonyl (C=O) groups excluding carboxylic acids is 2. The van der Waals surface area contributed by atoms with E-state index in [9.17, 15) is 28.6 Å². The highest BCUT2D eigenvalue weighted by Crippen LogP contribution is 2.54. The van der Waals surface area contributed by atoms with Gasteiger partial charge in [-0.25, -0.2) is 8.78 Å². The Bertz CT molecular complexity index is 447. The fraction of sp³-hybridized carbons (Fsp3) is 0.857. The maximum atomic E-state index is 13.1. The summed E-state index contributed by atoms with van der Waals surface area (Å²) in [5, 5.41) is 17.7. The van der Waals surface area contributed by atoms with Crippen molar-refractivity contribution in [1.29, 1.82) is 0 Å². The molecule has 0 bridgehead atoms. The van der Waals surface area contributed by atoms with Crippen LogP contribution in [0.25, 0.3) is 0 Å². The fourth-order valence-electron chi connectivity index (χ4n) is 2.56. The summed E-state index contributed by atoms with van der Waals surface area (Å²) in [4.78, 5) is 23.1. The molecular formula is C14H19Cl2F2NO4. The summed E-state index contributed by atoms with van der Waals surface area (Å²) in [6.07, 6.45) is -2.55. The highest BCUT2D eigenvalue weighted by molar-refractivity contribution is 6.25. The van der Waals surface area contributed by atoms with Crippen LogP contribution in [-0.4, -0.2) is 44.5 Å². The number of nitrogens with one attached hydrogen (secondary N) is 1. The van der Waals surface area contributed by atoms with Crippen molar-refractivity contribution in [2.24, 2.45) is 11.8 Å². The third kappa shape index (κ3) is 5.81. The summed E-state index contributed by atoms with van der Waals surface area (Å²) in [5.41, 5.74) is 0. The lowest BCUT2D eigenvalue weighted by Gasteiger charge is -2.12. The number of hydrogen-bond acceptors (Lipinski definition) is 4. The van der Waals surface area contributed by atoms with Gasteiger partial charge in [-0.1, -0.05) is 23.2 Å². The summed E-state index contributed by atoms with van der Waals surface area (Å²) in [5.74, 6) is -2.42. The molecule has 0 aromatic heterocycles. The first kappa shape index (κ1) is 18.8. The molecule has 2 amide bonds. The highest BCUT2D eigenvalue weighted by atomic mass is 35.5. The average molecular weight is 374 g/mol. The zero-order valence-electron chi connectivity index (χ0n) is 12.3. The smallest absolute Gasteiger partial charge is 0.229 e. The zero-order valence-corrected chi connectivity index (χ0v) is 13.8. The van der Waals surface area contributed by atoms with Crippen LogP contribution in [0.1, 0.15) is 38.5 Å². The minimum atomic E-state index is -1.80. The Balaban J connectivity index is 1.61. The van der Waals surface area contributed by atoms with Crippen molar-refractivity contribution in [1.82, 2.24) is 5.32 Å². The summed E-state index contributed by atoms with van der Waals surface area (Å²) >= 11 is 10.8. The molecule has 0 saturated heterocycles. The van der Waals surface area contributed by atoms with Gasteiger partial charge in [0.25, 0.3) is 0 Å². The predicted octanol–water partition coefficient (Wildman–Crippen LogP) is 1.76. The first-order valence-electron chi connectivity index (χ1n) is 7.44. The van der Waals surface area contributed by atoms with E-state index in [0.29, 0.717) is 0 Å². The van der Waals surface area contributed by atoms with Crippen LogP contribution >= 0.6 is 23.2 Å². The first-order chi connectivity index (χ1) is 10.5. The van der Waals surface area contributed by atoms with Gasteiger partial charge in [-0.3, -0.25) is 14.9 Å². The molecule has 3 N–H and O–H groups in total. The van der Waals surface area contributed by atoms with Crippen LogP contribution in [0.5, 0.6) is 0 Å². The van der Waals surface area contributed by atoms with Crippen molar-refractivity contribution in [2.45, 2.75) is 61.0 Å². The van der Waals surface area contributed by atoms with Gasteiger partial charge < -0.3 is 10.2 Å². The largest absolute Gasteiger partial charge is 0.393 e. The molecule has 2 fully saturated rings. The normalized spacial score (nSPS) is 37.8. The van der Waals surface area contributed by atoms with Crippen molar-refractivity contribution < 1.29 is 28.6 Å². The Morgan fingerprint density at radius 3 is 1.57 bits per heavy atom. The second-order valence-corrected chi connectivity index (χ2v) is 7.74. The first-order valence-corrected chi connectivity index (χ1v) is 8.19. The molecule has 0 heterocycles. The number of aliphatic hydroxyl groups excluding tert-OH is 2. The molecule has 0 aromatic carbocycles. The van der Waals surface area contributed by atoms with Gasteiger partial charge in [0.05, 0.1) is 25.0 Å². The second kappa shape index (κ2) is 6.78. The molecule has 23 heavy (non-hydrogen) atoms. The molecular weight excluding hydrogens is 355 g/mol. The maximum absolute atomic E-state index is 13.1. The second-order valence-electron chi connectivity index (χ2n) is 6.48. The third-order valence-corrected chi connectivity index (χ3v) is 5.07. The van der Waals surface area contributed by atoms with Crippen LogP contribution in [0.3, 0.4) is 0 Å². The van der Waals surface area contributed by atoms with Gasteiger partial charge in [0.15, 0.2) is 10.3 Å². The van der Waals surface area contributed by atoms with Crippen molar-refractivity contribution >= 4 is 35.0 Å². The van der Waals surface area contributed by atoms with Gasteiger partial charge >= 0.3 is 0 Å². The van der Waals surface area contributed by atoms with Crippen molar-refractivity contribution in [2.75, 3.05) is 0 Å². The molecule has 0 spiro atoms. The van der Waals surface area contributed by atoms with Gasteiger partial charge in [0.2, 0.25) is 11.8 Å². The molecule has 5 nitrogen and oxygen atoms in total. The monoisotopic (exact) mass is 373 g/mol. The topological polar surface area (TPSA) is 86.6 Å². The van der Waals surface area contributed by atoms with Crippen LogP contribution in [0.4, 0.5) is 8.78 Å². The lowest BCUT2D eigenvalue weighted by Crippen LogP contribution is -2.35. The van der Waals surface area contributed by atoms with Crippen LogP contribution in [0.2, 0.25) is 0 Å². The SMILES string of the molecule is O=C(CC(O)CC1CC1(F)Cl)NC(=O)CC(O)CC1CC1(F)Cl. The lowest BCUT2D eigenvalue weighted by atomic mass is 10.1. The third-order valence-electron chi connectivity index (χ3n) is 4.15. The number of rotatable bonds is 8. The molecule has 132 valence electrons. The van der Waals surface area contributed by atoms with Gasteiger partial charge in [0.1, 0.15) is 0 Å². The van der Waals surface area contributed by atoms with E-state index in [1.807, 2.05) is 5.32 Å². The molecule has 9 heteroatoms. The molecule has 2 saturated carbocycles. The van der Waals surface area contributed by atoms with Gasteiger partial charge in [-0.15, -0.1) is 0 Å². The molecule has 6 atom stereocenters. The zero-order chi connectivity index (χ0) is 17.4. The van der Waals surface area contributed by atoms with E-state index in [2.05, 4.69) is 0 Å². The van der Waals surface area contributed by atoms with Crippen LogP contribution < -0.4 is 5.32 Å². The van der Waals surface area contributed by atoms with Gasteiger partial charge in [0, 0.05) is 24.7 Å². The van der Waals surface area contributed by atoms with E-state index in [4.69, 9.17) is 23.2 Å². The van der Waals surface area contributed by atoms with Crippen LogP contribution in [-0.2, 0) is 9.59 Å². The van der Waals surface area contributed by atoms with Crippen LogP contribution in [0.15, 0.2) is 0 Å². The Hall–Kier alpha value is -0.500. The fourth-order valence-corrected chi connectivity index (χ4v) is 3.11. The number of imide groups is 1. The van der Waals surface area contributed by atoms with E-state index in [1.54, 1.807) is 0 Å². The van der Waals surface area contributed by atoms with Crippen molar-refractivity contribution in [3.05, 3.63) is 0 Å². The van der Waals surface area contributed by atoms with E-state index in [1.165, 1.54) is 0 Å². The summed E-state index contributed by atoms with van der Waals surface area (Å²) < 4.78 is 26.2. The quantitative estimate of drug-likeness (QED) is 0.565. The molecule has 0 radical (unpaired) electrons. The molecule has 2 aliphatic rings. The van der Waals surface area contributed by atoms with E-state index in [-0.39, 0.29) is 38.5 Å². The van der Waals surface area contributed by atoms with Crippen LogP contribution in [0, 0.1) is 11.8 Å². The number of carbonyl (C=O) groups is 2. The Labute approximate surface area is 142 Å². The molecule has 2 aliphatic carbocycles. The molecule has 2 rings (SSSR count). The van der Waals surface area contributed by atoms with Gasteiger partial charge in [-0.05, 0) is 12.8 Å². The predicted molar refractivity (Wildman–Crippen MR) is 79.2 cm³/mol. The highest BCUT2D eigenvalue weighted by Gasteiger charge is 2.55. The summed E-state index contributed by atoms with van der Waals surface area (Å²) in [6.45, 7) is 0. The molecule has 6 unspecified atom stereocenters. The lowest BCUT2D eigenvalue weighted by molar-refractivity contribution is -0.132. The average Bonchev–Trinajstić information content (AvgIpc) is 3.13. The number of aliphatic hydroxyl groups is 2. The van der Waals surface area contributed by atoms with Gasteiger partial charge in [-0.2, -0.15) is 0 Å². The Kier molecular flexibility index (Phi) is 5.55. The molecule has 0 aromatic rings. The number of hydrogen-bond donors (Lipinski definition) is 3. The standard InChI is InChI=1S/C14H19Cl2F2NO4/c15-13(17)5-7(13)1-9(20)3-11(22)19-12(23)4-10(21)2-8-6-14(8,16)18/h7-10,20-21H,1-6H2,(H,19,22,23). The minimum Gasteiger partial charge on any atom is -0.393 e. The van der Waals surface area contributed by atoms with Crippen molar-refractivity contribution in [3.63, 3.8) is 0 Å². The number of alkyl halides is 4. The Morgan fingerprint density at radius 2 is 1.30 bits per heavy atom. The van der Waals surface area contributed by atoms with E-state index in [0.717, 1.165) is 0 Å². The number of halogens is 4. The van der Waals surface area contributed by atoms with E-state index >= 15 is 0 Å².